The zero-order valence-corrected chi connectivity index (χ0v) is 15.2. The summed E-state index contributed by atoms with van der Waals surface area (Å²) in [5, 5.41) is 10.4. The van der Waals surface area contributed by atoms with Crippen LogP contribution in [-0.4, -0.2) is 66.4 Å². The van der Waals surface area contributed by atoms with Crippen molar-refractivity contribution in [2.45, 2.75) is 51.7 Å². The van der Waals surface area contributed by atoms with Gasteiger partial charge in [0.1, 0.15) is 18.5 Å². The topological polar surface area (TPSA) is 35.9 Å². The lowest BCUT2D eigenvalue weighted by molar-refractivity contribution is 0.0414. The van der Waals surface area contributed by atoms with Crippen molar-refractivity contribution in [2.75, 3.05) is 39.3 Å². The molecule has 2 heterocycles. The third-order valence-electron chi connectivity index (χ3n) is 5.38. The summed E-state index contributed by atoms with van der Waals surface area (Å²) in [6.07, 6.45) is 4.82. The number of hydrogen-bond donors (Lipinski definition) is 1. The predicted octanol–water partition coefficient (Wildman–Crippen LogP) is 2.60. The number of hydrogen-bond acceptors (Lipinski definition) is 4. The maximum Gasteiger partial charge on any atom is 0.122 e. The standard InChI is InChI=1S/C20H32N2O2/c1-16-7-8-17(2)20(12-16)24-15-19(23)14-21-9-5-6-18(13-21)22-10-3-4-11-22/h7-8,12,18-19,23H,3-6,9-11,13-15H2,1-2H3. The highest BCUT2D eigenvalue weighted by atomic mass is 16.5. The summed E-state index contributed by atoms with van der Waals surface area (Å²) in [5.74, 6) is 0.891. The van der Waals surface area contributed by atoms with E-state index < -0.39 is 6.10 Å². The molecule has 1 N–H and O–H groups in total. The molecule has 2 fully saturated rings. The molecule has 134 valence electrons. The molecule has 3 rings (SSSR count). The van der Waals surface area contributed by atoms with Crippen LogP contribution in [-0.2, 0) is 0 Å². The van der Waals surface area contributed by atoms with E-state index in [1.807, 2.05) is 13.0 Å². The fourth-order valence-corrected chi connectivity index (χ4v) is 4.00. The van der Waals surface area contributed by atoms with Gasteiger partial charge in [-0.2, -0.15) is 0 Å². The molecule has 2 aliphatic rings. The lowest BCUT2D eigenvalue weighted by Gasteiger charge is -2.38. The van der Waals surface area contributed by atoms with Crippen molar-refractivity contribution in [1.82, 2.24) is 9.80 Å². The smallest absolute Gasteiger partial charge is 0.122 e. The minimum absolute atomic E-state index is 0.370. The zero-order valence-electron chi connectivity index (χ0n) is 15.2. The second-order valence-corrected chi connectivity index (χ2v) is 7.53. The second kappa shape index (κ2) is 8.32. The third-order valence-corrected chi connectivity index (χ3v) is 5.38. The average molecular weight is 332 g/mol. The molecule has 0 bridgehead atoms. The molecule has 4 heteroatoms. The highest BCUT2D eigenvalue weighted by molar-refractivity contribution is 5.35. The number of piperidine rings is 1. The van der Waals surface area contributed by atoms with Crippen molar-refractivity contribution in [3.05, 3.63) is 29.3 Å². The van der Waals surface area contributed by atoms with Gasteiger partial charge in [0.05, 0.1) is 0 Å². The van der Waals surface area contributed by atoms with Gasteiger partial charge in [-0.1, -0.05) is 12.1 Å². The van der Waals surface area contributed by atoms with E-state index in [1.165, 1.54) is 44.3 Å². The van der Waals surface area contributed by atoms with Gasteiger partial charge in [-0.3, -0.25) is 9.80 Å². The summed E-state index contributed by atoms with van der Waals surface area (Å²) >= 11 is 0. The normalized spacial score (nSPS) is 24.2. The SMILES string of the molecule is Cc1ccc(C)c(OCC(O)CN2CCCC(N3CCCC3)C2)c1. The van der Waals surface area contributed by atoms with E-state index in [0.29, 0.717) is 12.6 Å². The minimum atomic E-state index is -0.428. The first-order valence-electron chi connectivity index (χ1n) is 9.46. The summed E-state index contributed by atoms with van der Waals surface area (Å²) in [4.78, 5) is 5.06. The van der Waals surface area contributed by atoms with Crippen LogP contribution in [0.5, 0.6) is 5.75 Å². The lowest BCUT2D eigenvalue weighted by Crippen LogP contribution is -2.49. The highest BCUT2D eigenvalue weighted by Crippen LogP contribution is 2.21. The van der Waals surface area contributed by atoms with Gasteiger partial charge in [0, 0.05) is 19.1 Å². The molecule has 0 amide bonds. The van der Waals surface area contributed by atoms with Crippen molar-refractivity contribution >= 4 is 0 Å². The maximum absolute atomic E-state index is 10.4. The summed E-state index contributed by atoms with van der Waals surface area (Å²) < 4.78 is 5.86. The number of benzene rings is 1. The van der Waals surface area contributed by atoms with Crippen molar-refractivity contribution in [2.24, 2.45) is 0 Å². The van der Waals surface area contributed by atoms with Gasteiger partial charge in [-0.15, -0.1) is 0 Å². The number of ether oxygens (including phenoxy) is 1. The molecule has 2 unspecified atom stereocenters. The molecule has 4 nitrogen and oxygen atoms in total. The highest BCUT2D eigenvalue weighted by Gasteiger charge is 2.27. The van der Waals surface area contributed by atoms with Gasteiger partial charge < -0.3 is 9.84 Å². The fraction of sp³-hybridized carbons (Fsp3) is 0.700. The van der Waals surface area contributed by atoms with Crippen LogP contribution in [0.2, 0.25) is 0 Å². The number of aryl methyl sites for hydroxylation is 2. The van der Waals surface area contributed by atoms with Gasteiger partial charge in [0.2, 0.25) is 0 Å². The lowest BCUT2D eigenvalue weighted by atomic mass is 10.0. The van der Waals surface area contributed by atoms with E-state index in [9.17, 15) is 5.11 Å². The summed E-state index contributed by atoms with van der Waals surface area (Å²) in [5.41, 5.74) is 2.31. The number of aliphatic hydroxyl groups is 1. The first-order valence-corrected chi connectivity index (χ1v) is 9.46. The molecule has 1 aromatic carbocycles. The molecule has 0 spiro atoms. The fourth-order valence-electron chi connectivity index (χ4n) is 4.00. The van der Waals surface area contributed by atoms with E-state index >= 15 is 0 Å². The number of likely N-dealkylation sites (tertiary alicyclic amines) is 2. The average Bonchev–Trinajstić information content (AvgIpc) is 3.10. The zero-order chi connectivity index (χ0) is 16.9. The van der Waals surface area contributed by atoms with Gasteiger partial charge in [0.15, 0.2) is 0 Å². The van der Waals surface area contributed by atoms with E-state index in [-0.39, 0.29) is 0 Å². The molecule has 2 saturated heterocycles. The van der Waals surface area contributed by atoms with Gasteiger partial charge in [0.25, 0.3) is 0 Å². The Labute approximate surface area is 146 Å². The van der Waals surface area contributed by atoms with E-state index in [1.54, 1.807) is 0 Å². The summed E-state index contributed by atoms with van der Waals surface area (Å²) in [6.45, 7) is 9.92. The molecule has 24 heavy (non-hydrogen) atoms. The van der Waals surface area contributed by atoms with Gasteiger partial charge in [-0.05, 0) is 76.4 Å². The van der Waals surface area contributed by atoms with Crippen LogP contribution in [0.3, 0.4) is 0 Å². The Morgan fingerprint density at radius 2 is 1.96 bits per heavy atom. The monoisotopic (exact) mass is 332 g/mol. The van der Waals surface area contributed by atoms with Gasteiger partial charge >= 0.3 is 0 Å². The molecule has 0 radical (unpaired) electrons. The third kappa shape index (κ3) is 4.71. The van der Waals surface area contributed by atoms with Crippen LogP contribution in [0, 0.1) is 13.8 Å². The van der Waals surface area contributed by atoms with Crippen LogP contribution in [0.1, 0.15) is 36.8 Å². The quantitative estimate of drug-likeness (QED) is 0.869. The largest absolute Gasteiger partial charge is 0.491 e. The Balaban J connectivity index is 1.45. The number of nitrogens with zero attached hydrogens (tertiary/aromatic N) is 2. The first-order chi connectivity index (χ1) is 11.6. The Bertz CT molecular complexity index is 528. The van der Waals surface area contributed by atoms with Crippen molar-refractivity contribution in [1.29, 1.82) is 0 Å². The molecule has 0 saturated carbocycles. The summed E-state index contributed by atoms with van der Waals surface area (Å²) in [7, 11) is 0. The van der Waals surface area contributed by atoms with Gasteiger partial charge in [-0.25, -0.2) is 0 Å². The van der Waals surface area contributed by atoms with Crippen LogP contribution in [0.15, 0.2) is 18.2 Å². The number of aliphatic hydroxyl groups excluding tert-OH is 1. The Hall–Kier alpha value is -1.10. The molecule has 1 aromatic rings. The molecular weight excluding hydrogens is 300 g/mol. The van der Waals surface area contributed by atoms with Crippen molar-refractivity contribution in [3.63, 3.8) is 0 Å². The Morgan fingerprint density at radius 1 is 1.17 bits per heavy atom. The molecule has 2 aliphatic heterocycles. The minimum Gasteiger partial charge on any atom is -0.491 e. The van der Waals surface area contributed by atoms with Crippen LogP contribution in [0.4, 0.5) is 0 Å². The van der Waals surface area contributed by atoms with E-state index in [0.717, 1.165) is 30.9 Å². The number of β-amino-alcohol motifs (C(OH)–C–C–N with tert-alkyl or cyclic N) is 1. The molecular formula is C20H32N2O2. The summed E-state index contributed by atoms with van der Waals surface area (Å²) in [6, 6.07) is 6.90. The Kier molecular flexibility index (Phi) is 6.14. The first kappa shape index (κ1) is 17.7. The predicted molar refractivity (Wildman–Crippen MR) is 97.7 cm³/mol. The van der Waals surface area contributed by atoms with E-state index in [2.05, 4.69) is 28.9 Å². The van der Waals surface area contributed by atoms with Crippen molar-refractivity contribution < 1.29 is 9.84 Å². The maximum atomic E-state index is 10.4. The molecule has 0 aromatic heterocycles. The number of rotatable bonds is 6. The van der Waals surface area contributed by atoms with Crippen LogP contribution < -0.4 is 4.74 Å². The van der Waals surface area contributed by atoms with Crippen LogP contribution in [0.25, 0.3) is 0 Å². The van der Waals surface area contributed by atoms with Crippen molar-refractivity contribution in [3.8, 4) is 5.75 Å². The second-order valence-electron chi connectivity index (χ2n) is 7.53. The van der Waals surface area contributed by atoms with Crippen LogP contribution >= 0.6 is 0 Å². The van der Waals surface area contributed by atoms with E-state index in [4.69, 9.17) is 4.74 Å². The molecule has 2 atom stereocenters. The molecule has 0 aliphatic carbocycles. The Morgan fingerprint density at radius 3 is 2.75 bits per heavy atom.